The zero-order chi connectivity index (χ0) is 19.7. The van der Waals surface area contributed by atoms with Gasteiger partial charge < -0.3 is 14.8 Å². The summed E-state index contributed by atoms with van der Waals surface area (Å²) >= 11 is 0. The average Bonchev–Trinajstić information content (AvgIpc) is 3.14. The van der Waals surface area contributed by atoms with Crippen LogP contribution in [0.4, 0.5) is 5.69 Å². The van der Waals surface area contributed by atoms with Crippen molar-refractivity contribution in [3.05, 3.63) is 54.4 Å². The van der Waals surface area contributed by atoms with Gasteiger partial charge in [0.2, 0.25) is 5.91 Å². The van der Waals surface area contributed by atoms with Crippen molar-refractivity contribution >= 4 is 23.2 Å². The Morgan fingerprint density at radius 3 is 2.68 bits per heavy atom. The molecule has 4 rings (SSSR count). The maximum absolute atomic E-state index is 12.7. The molecule has 0 unspecified atom stereocenters. The fourth-order valence-electron chi connectivity index (χ4n) is 4.02. The molecule has 1 aromatic carbocycles. The molecule has 1 fully saturated rings. The number of imidazole rings is 1. The maximum atomic E-state index is 12.7. The molecule has 1 aliphatic rings. The lowest BCUT2D eigenvalue weighted by Gasteiger charge is -2.27. The molecule has 1 saturated carbocycles. The van der Waals surface area contributed by atoms with Crippen molar-refractivity contribution in [3.63, 3.8) is 0 Å². The third-order valence-electron chi connectivity index (χ3n) is 5.52. The number of aryl methyl sites for hydroxylation is 1. The normalized spacial score (nSPS) is 19.5. The molecule has 2 aromatic heterocycles. The Bertz CT molecular complexity index is 1040. The van der Waals surface area contributed by atoms with Gasteiger partial charge in [0.15, 0.2) is 0 Å². The Labute approximate surface area is 163 Å². The third-order valence-corrected chi connectivity index (χ3v) is 5.52. The molecule has 2 atom stereocenters. The number of pyridine rings is 1. The zero-order valence-electron chi connectivity index (χ0n) is 15.8. The van der Waals surface area contributed by atoms with Crippen LogP contribution in [0.25, 0.3) is 16.9 Å². The van der Waals surface area contributed by atoms with E-state index in [1.165, 1.54) is 0 Å². The van der Waals surface area contributed by atoms with Crippen molar-refractivity contribution in [2.45, 2.75) is 32.6 Å². The standard InChI is InChI=1S/C22H23N3O3/c1-14-6-5-11-25-13-19(24-20(14)25)15-7-4-8-16(12-15)23-21(26)17-9-2-3-10-18(17)22(27)28/h4-8,11-13,17-18H,2-3,9-10H2,1H3,(H,23,26)(H,27,28)/t17-,18-/m0/s1. The van der Waals surface area contributed by atoms with Crippen LogP contribution >= 0.6 is 0 Å². The molecule has 2 heterocycles. The number of carboxylic acids is 1. The van der Waals surface area contributed by atoms with Crippen molar-refractivity contribution in [1.82, 2.24) is 9.38 Å². The highest BCUT2D eigenvalue weighted by Gasteiger charge is 2.35. The number of anilines is 1. The molecule has 0 bridgehead atoms. The van der Waals surface area contributed by atoms with Gasteiger partial charge in [-0.15, -0.1) is 0 Å². The molecule has 0 aliphatic heterocycles. The van der Waals surface area contributed by atoms with Crippen LogP contribution in [0.5, 0.6) is 0 Å². The van der Waals surface area contributed by atoms with E-state index in [-0.39, 0.29) is 5.91 Å². The number of aromatic nitrogens is 2. The number of nitrogens with zero attached hydrogens (tertiary/aromatic N) is 2. The lowest BCUT2D eigenvalue weighted by molar-refractivity contribution is -0.147. The average molecular weight is 377 g/mol. The van der Waals surface area contributed by atoms with Crippen LogP contribution in [0.3, 0.4) is 0 Å². The number of amides is 1. The van der Waals surface area contributed by atoms with E-state index in [1.54, 1.807) is 0 Å². The summed E-state index contributed by atoms with van der Waals surface area (Å²) in [5.74, 6) is -2.17. The summed E-state index contributed by atoms with van der Waals surface area (Å²) in [6.07, 6.45) is 6.86. The number of nitrogens with one attached hydrogen (secondary N) is 1. The Morgan fingerprint density at radius 1 is 1.14 bits per heavy atom. The van der Waals surface area contributed by atoms with Gasteiger partial charge in [0.25, 0.3) is 0 Å². The molecule has 6 nitrogen and oxygen atoms in total. The molecule has 3 aromatic rings. The number of rotatable bonds is 4. The fraction of sp³-hybridized carbons (Fsp3) is 0.318. The van der Waals surface area contributed by atoms with E-state index in [4.69, 9.17) is 4.98 Å². The topological polar surface area (TPSA) is 83.7 Å². The predicted molar refractivity (Wildman–Crippen MR) is 107 cm³/mol. The van der Waals surface area contributed by atoms with Gasteiger partial charge in [-0.2, -0.15) is 0 Å². The number of benzene rings is 1. The van der Waals surface area contributed by atoms with Gasteiger partial charge in [0.1, 0.15) is 5.65 Å². The lowest BCUT2D eigenvalue weighted by atomic mass is 9.78. The van der Waals surface area contributed by atoms with Gasteiger partial charge in [-0.05, 0) is 43.5 Å². The molecule has 2 N–H and O–H groups in total. The molecule has 0 spiro atoms. The Morgan fingerprint density at radius 2 is 1.93 bits per heavy atom. The first-order valence-electron chi connectivity index (χ1n) is 9.61. The van der Waals surface area contributed by atoms with Crippen molar-refractivity contribution < 1.29 is 14.7 Å². The monoisotopic (exact) mass is 377 g/mol. The van der Waals surface area contributed by atoms with Crippen molar-refractivity contribution in [1.29, 1.82) is 0 Å². The Balaban J connectivity index is 1.57. The van der Waals surface area contributed by atoms with E-state index in [0.29, 0.717) is 18.5 Å². The predicted octanol–water partition coefficient (Wildman–Crippen LogP) is 4.14. The minimum atomic E-state index is -0.881. The van der Waals surface area contributed by atoms with Gasteiger partial charge in [0.05, 0.1) is 17.5 Å². The van der Waals surface area contributed by atoms with Crippen LogP contribution in [0.1, 0.15) is 31.2 Å². The summed E-state index contributed by atoms with van der Waals surface area (Å²) in [5, 5.41) is 12.3. The molecule has 144 valence electrons. The van der Waals surface area contributed by atoms with Crippen LogP contribution < -0.4 is 5.32 Å². The van der Waals surface area contributed by atoms with Crippen LogP contribution in [0, 0.1) is 18.8 Å². The highest BCUT2D eigenvalue weighted by atomic mass is 16.4. The number of carbonyl (C=O) groups excluding carboxylic acids is 1. The Kier molecular flexibility index (Phi) is 4.86. The second-order valence-electron chi connectivity index (χ2n) is 7.45. The largest absolute Gasteiger partial charge is 0.481 e. The highest BCUT2D eigenvalue weighted by Crippen LogP contribution is 2.32. The quantitative estimate of drug-likeness (QED) is 0.716. The van der Waals surface area contributed by atoms with Crippen molar-refractivity contribution in [2.75, 3.05) is 5.32 Å². The molecule has 28 heavy (non-hydrogen) atoms. The number of fused-ring (bicyclic) bond motifs is 1. The van der Waals surface area contributed by atoms with E-state index < -0.39 is 17.8 Å². The van der Waals surface area contributed by atoms with E-state index in [1.807, 2.05) is 60.1 Å². The van der Waals surface area contributed by atoms with Crippen molar-refractivity contribution in [3.8, 4) is 11.3 Å². The van der Waals surface area contributed by atoms with Crippen LogP contribution in [0.2, 0.25) is 0 Å². The summed E-state index contributed by atoms with van der Waals surface area (Å²) in [6, 6.07) is 11.5. The van der Waals surface area contributed by atoms with Crippen LogP contribution in [0.15, 0.2) is 48.8 Å². The first kappa shape index (κ1) is 18.2. The number of aliphatic carboxylic acids is 1. The number of hydrogen-bond acceptors (Lipinski definition) is 3. The summed E-state index contributed by atoms with van der Waals surface area (Å²) in [5.41, 5.74) is 4.38. The second-order valence-corrected chi connectivity index (χ2v) is 7.45. The summed E-state index contributed by atoms with van der Waals surface area (Å²) < 4.78 is 1.98. The highest BCUT2D eigenvalue weighted by molar-refractivity contribution is 5.95. The van der Waals surface area contributed by atoms with Gasteiger partial charge in [0, 0.05) is 23.6 Å². The van der Waals surface area contributed by atoms with Gasteiger partial charge >= 0.3 is 5.97 Å². The number of carboxylic acid groups (broad SMARTS) is 1. The van der Waals surface area contributed by atoms with E-state index >= 15 is 0 Å². The molecule has 0 saturated heterocycles. The minimum absolute atomic E-state index is 0.213. The Hall–Kier alpha value is -3.15. The van der Waals surface area contributed by atoms with Crippen molar-refractivity contribution in [2.24, 2.45) is 11.8 Å². The molecule has 6 heteroatoms. The smallest absolute Gasteiger partial charge is 0.307 e. The van der Waals surface area contributed by atoms with E-state index in [2.05, 4.69) is 5.32 Å². The summed E-state index contributed by atoms with van der Waals surface area (Å²) in [7, 11) is 0. The van der Waals surface area contributed by atoms with Gasteiger partial charge in [-0.3, -0.25) is 9.59 Å². The molecule has 0 radical (unpaired) electrons. The van der Waals surface area contributed by atoms with Gasteiger partial charge in [-0.25, -0.2) is 4.98 Å². The summed E-state index contributed by atoms with van der Waals surface area (Å²) in [6.45, 7) is 2.02. The second kappa shape index (κ2) is 7.46. The first-order valence-corrected chi connectivity index (χ1v) is 9.61. The molecular formula is C22H23N3O3. The number of hydrogen-bond donors (Lipinski definition) is 2. The molecular weight excluding hydrogens is 354 g/mol. The first-order chi connectivity index (χ1) is 13.5. The zero-order valence-corrected chi connectivity index (χ0v) is 15.8. The SMILES string of the molecule is Cc1cccn2cc(-c3cccc(NC(=O)[C@H]4CCCC[C@@H]4C(=O)O)c3)nc12. The van der Waals surface area contributed by atoms with E-state index in [9.17, 15) is 14.7 Å². The number of carbonyl (C=O) groups is 2. The lowest BCUT2D eigenvalue weighted by Crippen LogP contribution is -2.36. The fourth-order valence-corrected chi connectivity index (χ4v) is 4.02. The minimum Gasteiger partial charge on any atom is -0.481 e. The van der Waals surface area contributed by atoms with Crippen LogP contribution in [-0.4, -0.2) is 26.4 Å². The molecule has 1 amide bonds. The maximum Gasteiger partial charge on any atom is 0.307 e. The summed E-state index contributed by atoms with van der Waals surface area (Å²) in [4.78, 5) is 28.9. The van der Waals surface area contributed by atoms with Gasteiger partial charge in [-0.1, -0.05) is 31.0 Å². The van der Waals surface area contributed by atoms with E-state index in [0.717, 1.165) is 35.3 Å². The third kappa shape index (κ3) is 3.50. The van der Waals surface area contributed by atoms with Crippen LogP contribution in [-0.2, 0) is 9.59 Å². The molecule has 1 aliphatic carbocycles.